The van der Waals surface area contributed by atoms with Gasteiger partial charge in [-0.3, -0.25) is 0 Å². The highest BCUT2D eigenvalue weighted by Crippen LogP contribution is 2.08. The Kier molecular flexibility index (Phi) is 4.19. The van der Waals surface area contributed by atoms with E-state index in [0.29, 0.717) is 5.57 Å². The van der Waals surface area contributed by atoms with Gasteiger partial charge in [-0.05, 0) is 20.1 Å². The summed E-state index contributed by atoms with van der Waals surface area (Å²) in [7, 11) is 0. The Morgan fingerprint density at radius 3 is 2.50 bits per heavy atom. The van der Waals surface area contributed by atoms with E-state index in [0.717, 1.165) is 0 Å². The zero-order valence-corrected chi connectivity index (χ0v) is 7.33. The van der Waals surface area contributed by atoms with Crippen LogP contribution in [0.1, 0.15) is 13.8 Å². The molecule has 58 valence electrons. The molecular formula is C7H12O2S. The minimum absolute atomic E-state index is 0.0794. The van der Waals surface area contributed by atoms with Crippen LogP contribution in [0.5, 0.6) is 0 Å². The maximum Gasteiger partial charge on any atom is 0.334 e. The second-order valence-electron chi connectivity index (χ2n) is 1.99. The molecule has 0 aromatic heterocycles. The minimum Gasteiger partial charge on any atom is -0.448 e. The van der Waals surface area contributed by atoms with E-state index in [-0.39, 0.29) is 11.4 Å². The zero-order valence-electron chi connectivity index (χ0n) is 6.51. The summed E-state index contributed by atoms with van der Waals surface area (Å²) in [5.41, 5.74) is 0.366. The van der Waals surface area contributed by atoms with Crippen LogP contribution in [0.25, 0.3) is 0 Å². The third-order valence-corrected chi connectivity index (χ3v) is 1.71. The first-order valence-corrected chi connectivity index (χ1v) is 4.26. The summed E-state index contributed by atoms with van der Waals surface area (Å²) in [6.45, 7) is 6.92. The molecule has 3 heteroatoms. The summed E-state index contributed by atoms with van der Waals surface area (Å²) >= 11 is 1.49. The van der Waals surface area contributed by atoms with Crippen molar-refractivity contribution in [2.24, 2.45) is 0 Å². The molecule has 0 aliphatic heterocycles. The zero-order chi connectivity index (χ0) is 8.15. The lowest BCUT2D eigenvalue weighted by atomic mass is 10.4. The molecule has 0 spiro atoms. The predicted molar refractivity (Wildman–Crippen MR) is 43.9 cm³/mol. The largest absolute Gasteiger partial charge is 0.448 e. The number of carbonyl (C=O) groups is 1. The summed E-state index contributed by atoms with van der Waals surface area (Å²) in [4.78, 5) is 10.8. The molecule has 0 rings (SSSR count). The van der Waals surface area contributed by atoms with Crippen LogP contribution >= 0.6 is 11.8 Å². The molecule has 0 bridgehead atoms. The van der Waals surface area contributed by atoms with Crippen molar-refractivity contribution in [3.05, 3.63) is 12.2 Å². The van der Waals surface area contributed by atoms with E-state index in [1.54, 1.807) is 6.92 Å². The highest BCUT2D eigenvalue weighted by atomic mass is 32.2. The number of rotatable bonds is 3. The summed E-state index contributed by atoms with van der Waals surface area (Å²) in [5.74, 6) is -0.318. The van der Waals surface area contributed by atoms with Crippen LogP contribution in [0, 0.1) is 0 Å². The van der Waals surface area contributed by atoms with Crippen molar-refractivity contribution in [1.29, 1.82) is 0 Å². The smallest absolute Gasteiger partial charge is 0.334 e. The molecule has 0 aromatic carbocycles. The lowest BCUT2D eigenvalue weighted by Gasteiger charge is -2.08. The van der Waals surface area contributed by atoms with Crippen molar-refractivity contribution in [2.45, 2.75) is 19.3 Å². The Labute approximate surface area is 65.6 Å². The minimum atomic E-state index is -0.318. The van der Waals surface area contributed by atoms with E-state index in [1.165, 1.54) is 11.8 Å². The number of hydrogen-bond acceptors (Lipinski definition) is 3. The highest BCUT2D eigenvalue weighted by molar-refractivity contribution is 7.99. The molecule has 0 aliphatic rings. The average Bonchev–Trinajstić information content (AvgIpc) is 1.87. The van der Waals surface area contributed by atoms with Crippen molar-refractivity contribution in [1.82, 2.24) is 0 Å². The second kappa shape index (κ2) is 4.39. The standard InChI is InChI=1S/C7H12O2S/c1-5(2)7(8)9-6(3)10-4/h6H,1H2,2-4H3. The molecule has 0 saturated heterocycles. The third kappa shape index (κ3) is 3.56. The first-order chi connectivity index (χ1) is 4.57. The fraction of sp³-hybridized carbons (Fsp3) is 0.571. The van der Waals surface area contributed by atoms with Crippen LogP contribution in [0.2, 0.25) is 0 Å². The molecule has 0 amide bonds. The number of esters is 1. The lowest BCUT2D eigenvalue weighted by Crippen LogP contribution is -2.11. The molecule has 1 atom stereocenters. The molecule has 0 radical (unpaired) electrons. The molecule has 10 heavy (non-hydrogen) atoms. The van der Waals surface area contributed by atoms with Crippen molar-refractivity contribution in [3.63, 3.8) is 0 Å². The van der Waals surface area contributed by atoms with Gasteiger partial charge in [0.1, 0.15) is 5.44 Å². The van der Waals surface area contributed by atoms with Gasteiger partial charge in [0.05, 0.1) is 0 Å². The first-order valence-electron chi connectivity index (χ1n) is 2.97. The fourth-order valence-corrected chi connectivity index (χ4v) is 0.483. The number of carbonyl (C=O) groups excluding carboxylic acids is 1. The van der Waals surface area contributed by atoms with Gasteiger partial charge in [-0.1, -0.05) is 6.58 Å². The number of ether oxygens (including phenoxy) is 1. The Hall–Kier alpha value is -0.440. The van der Waals surface area contributed by atoms with Gasteiger partial charge >= 0.3 is 5.97 Å². The summed E-state index contributed by atoms with van der Waals surface area (Å²) in [6.07, 6.45) is 1.89. The summed E-state index contributed by atoms with van der Waals surface area (Å²) in [6, 6.07) is 0. The maximum absolute atomic E-state index is 10.8. The lowest BCUT2D eigenvalue weighted by molar-refractivity contribution is -0.139. The normalized spacial score (nSPS) is 12.3. The Bertz CT molecular complexity index is 143. The average molecular weight is 160 g/mol. The van der Waals surface area contributed by atoms with Crippen LogP contribution in [0.4, 0.5) is 0 Å². The van der Waals surface area contributed by atoms with Gasteiger partial charge in [-0.15, -0.1) is 11.8 Å². The molecule has 0 aliphatic carbocycles. The second-order valence-corrected chi connectivity index (χ2v) is 3.12. The molecule has 2 nitrogen and oxygen atoms in total. The monoisotopic (exact) mass is 160 g/mol. The molecule has 0 aromatic rings. The van der Waals surface area contributed by atoms with Crippen molar-refractivity contribution >= 4 is 17.7 Å². The van der Waals surface area contributed by atoms with Gasteiger partial charge in [0, 0.05) is 5.57 Å². The van der Waals surface area contributed by atoms with E-state index < -0.39 is 0 Å². The topological polar surface area (TPSA) is 26.3 Å². The molecular weight excluding hydrogens is 148 g/mol. The van der Waals surface area contributed by atoms with Crippen LogP contribution in [-0.2, 0) is 9.53 Å². The van der Waals surface area contributed by atoms with Gasteiger partial charge in [0.15, 0.2) is 0 Å². The Balaban J connectivity index is 3.68. The maximum atomic E-state index is 10.8. The Morgan fingerprint density at radius 1 is 1.70 bits per heavy atom. The molecule has 1 unspecified atom stereocenters. The van der Waals surface area contributed by atoms with E-state index in [1.807, 2.05) is 13.2 Å². The van der Waals surface area contributed by atoms with E-state index in [9.17, 15) is 4.79 Å². The van der Waals surface area contributed by atoms with Crippen molar-refractivity contribution < 1.29 is 9.53 Å². The molecule has 0 fully saturated rings. The van der Waals surface area contributed by atoms with E-state index >= 15 is 0 Å². The fourth-order valence-electron chi connectivity index (χ4n) is 0.299. The van der Waals surface area contributed by atoms with Crippen LogP contribution < -0.4 is 0 Å². The third-order valence-electron chi connectivity index (χ3n) is 0.953. The highest BCUT2D eigenvalue weighted by Gasteiger charge is 2.07. The Morgan fingerprint density at radius 2 is 2.20 bits per heavy atom. The molecule has 0 N–H and O–H groups in total. The van der Waals surface area contributed by atoms with Gasteiger partial charge in [-0.2, -0.15) is 0 Å². The quantitative estimate of drug-likeness (QED) is 0.358. The van der Waals surface area contributed by atoms with E-state index in [2.05, 4.69) is 6.58 Å². The van der Waals surface area contributed by atoms with Crippen molar-refractivity contribution in [3.8, 4) is 0 Å². The van der Waals surface area contributed by atoms with Crippen molar-refractivity contribution in [2.75, 3.05) is 6.26 Å². The number of thioether (sulfide) groups is 1. The number of hydrogen-bond donors (Lipinski definition) is 0. The van der Waals surface area contributed by atoms with Crippen LogP contribution in [-0.4, -0.2) is 17.7 Å². The summed E-state index contributed by atoms with van der Waals surface area (Å²) in [5, 5.41) is 0. The molecule has 0 heterocycles. The predicted octanol–water partition coefficient (Wildman–Crippen LogP) is 1.81. The van der Waals surface area contributed by atoms with Crippen LogP contribution in [0.3, 0.4) is 0 Å². The SMILES string of the molecule is C=C(C)C(=O)OC(C)SC. The summed E-state index contributed by atoms with van der Waals surface area (Å²) < 4.78 is 4.89. The molecule has 0 saturated carbocycles. The van der Waals surface area contributed by atoms with Gasteiger partial charge < -0.3 is 4.74 Å². The van der Waals surface area contributed by atoms with Gasteiger partial charge in [0.2, 0.25) is 0 Å². The van der Waals surface area contributed by atoms with E-state index in [4.69, 9.17) is 4.74 Å². The van der Waals surface area contributed by atoms with Gasteiger partial charge in [0.25, 0.3) is 0 Å². The van der Waals surface area contributed by atoms with Crippen LogP contribution in [0.15, 0.2) is 12.2 Å². The first kappa shape index (κ1) is 9.56. The van der Waals surface area contributed by atoms with Gasteiger partial charge in [-0.25, -0.2) is 4.79 Å².